The average molecular weight is 407 g/mol. The van der Waals surface area contributed by atoms with Crippen molar-refractivity contribution in [2.75, 3.05) is 25.1 Å². The van der Waals surface area contributed by atoms with E-state index in [-0.39, 0.29) is 29.9 Å². The van der Waals surface area contributed by atoms with Crippen molar-refractivity contribution in [1.82, 2.24) is 4.72 Å². The molecule has 0 aromatic heterocycles. The van der Waals surface area contributed by atoms with Crippen molar-refractivity contribution in [3.63, 3.8) is 0 Å². The Kier molecular flexibility index (Phi) is 7.83. The number of hydrogen-bond donors (Lipinski definition) is 2. The van der Waals surface area contributed by atoms with Crippen LogP contribution >= 0.6 is 0 Å². The molecule has 0 heterocycles. The van der Waals surface area contributed by atoms with Crippen LogP contribution in [0.3, 0.4) is 0 Å². The Labute approximate surface area is 166 Å². The molecule has 1 amide bonds. The van der Waals surface area contributed by atoms with Crippen molar-refractivity contribution in [3.8, 4) is 11.5 Å². The Bertz CT molecular complexity index is 862. The summed E-state index contributed by atoms with van der Waals surface area (Å²) in [6, 6.07) is 13.1. The highest BCUT2D eigenvalue weighted by molar-refractivity contribution is 7.89. The zero-order valence-corrected chi connectivity index (χ0v) is 17.1. The monoisotopic (exact) mass is 406 g/mol. The van der Waals surface area contributed by atoms with Crippen molar-refractivity contribution in [3.05, 3.63) is 48.5 Å². The van der Waals surface area contributed by atoms with Crippen molar-refractivity contribution in [1.29, 1.82) is 0 Å². The first kappa shape index (κ1) is 21.7. The molecular formula is C20H26N2O5S. The van der Waals surface area contributed by atoms with E-state index >= 15 is 0 Å². The second kappa shape index (κ2) is 10.1. The van der Waals surface area contributed by atoms with Crippen LogP contribution in [0.15, 0.2) is 53.4 Å². The van der Waals surface area contributed by atoms with Crippen LogP contribution in [0.5, 0.6) is 11.5 Å². The number of nitrogens with one attached hydrogen (secondary N) is 2. The van der Waals surface area contributed by atoms with E-state index in [4.69, 9.17) is 9.47 Å². The molecule has 7 nitrogen and oxygen atoms in total. The molecule has 0 aliphatic heterocycles. The van der Waals surface area contributed by atoms with Gasteiger partial charge in [-0.1, -0.05) is 13.8 Å². The topological polar surface area (TPSA) is 93.7 Å². The number of benzene rings is 2. The van der Waals surface area contributed by atoms with Crippen LogP contribution in [0.1, 0.15) is 20.8 Å². The summed E-state index contributed by atoms with van der Waals surface area (Å²) in [7, 11) is -3.65. The summed E-state index contributed by atoms with van der Waals surface area (Å²) in [6.07, 6.45) is 0. The summed E-state index contributed by atoms with van der Waals surface area (Å²) in [4.78, 5) is 11.8. The molecule has 2 rings (SSSR count). The molecule has 2 N–H and O–H groups in total. The lowest BCUT2D eigenvalue weighted by Gasteiger charge is -2.11. The third-order valence-corrected chi connectivity index (χ3v) is 5.23. The second-order valence-electron chi connectivity index (χ2n) is 6.32. The highest BCUT2D eigenvalue weighted by Crippen LogP contribution is 2.18. The molecule has 0 saturated heterocycles. The Balaban J connectivity index is 1.83. The zero-order chi connectivity index (χ0) is 20.6. The van der Waals surface area contributed by atoms with Gasteiger partial charge in [-0.15, -0.1) is 0 Å². The van der Waals surface area contributed by atoms with Gasteiger partial charge in [-0.2, -0.15) is 0 Å². The summed E-state index contributed by atoms with van der Waals surface area (Å²) in [6.45, 7) is 6.39. The predicted molar refractivity (Wildman–Crippen MR) is 108 cm³/mol. The van der Waals surface area contributed by atoms with Gasteiger partial charge in [0, 0.05) is 18.2 Å². The van der Waals surface area contributed by atoms with E-state index in [1.807, 2.05) is 6.92 Å². The van der Waals surface area contributed by atoms with Gasteiger partial charge in [0.05, 0.1) is 11.5 Å². The van der Waals surface area contributed by atoms with E-state index in [1.165, 1.54) is 12.1 Å². The summed E-state index contributed by atoms with van der Waals surface area (Å²) < 4.78 is 38.0. The van der Waals surface area contributed by atoms with Crippen molar-refractivity contribution >= 4 is 21.6 Å². The van der Waals surface area contributed by atoms with E-state index < -0.39 is 10.0 Å². The summed E-state index contributed by atoms with van der Waals surface area (Å²) in [5, 5.41) is 2.72. The number of carbonyl (C=O) groups is 1. The molecule has 0 radical (unpaired) electrons. The predicted octanol–water partition coefficient (Wildman–Crippen LogP) is 3.04. The fourth-order valence-electron chi connectivity index (χ4n) is 2.23. The van der Waals surface area contributed by atoms with E-state index in [1.54, 1.807) is 50.2 Å². The first-order valence-corrected chi connectivity index (χ1v) is 10.6. The zero-order valence-electron chi connectivity index (χ0n) is 16.3. The summed E-state index contributed by atoms with van der Waals surface area (Å²) >= 11 is 0. The molecule has 28 heavy (non-hydrogen) atoms. The number of ether oxygens (including phenoxy) is 2. The molecule has 0 atom stereocenters. The average Bonchev–Trinajstić information content (AvgIpc) is 2.67. The number of amides is 1. The summed E-state index contributed by atoms with van der Waals surface area (Å²) in [5.74, 6) is 1.11. The number of carbonyl (C=O) groups excluding carboxylic acids is 1. The molecule has 8 heteroatoms. The van der Waals surface area contributed by atoms with Crippen LogP contribution in [0.25, 0.3) is 0 Å². The van der Waals surface area contributed by atoms with Crippen LogP contribution in [0.4, 0.5) is 5.69 Å². The van der Waals surface area contributed by atoms with Crippen LogP contribution in [0.2, 0.25) is 0 Å². The highest BCUT2D eigenvalue weighted by atomic mass is 32.2. The SMILES string of the molecule is CCOc1ccc(OCCNS(=O)(=O)c2ccc(NC(=O)C(C)C)cc2)cc1. The molecule has 0 saturated carbocycles. The minimum Gasteiger partial charge on any atom is -0.494 e. The van der Waals surface area contributed by atoms with Gasteiger partial charge in [0.2, 0.25) is 15.9 Å². The number of rotatable bonds is 10. The Hall–Kier alpha value is -2.58. The maximum atomic E-state index is 12.3. The van der Waals surface area contributed by atoms with Gasteiger partial charge in [-0.25, -0.2) is 13.1 Å². The molecule has 152 valence electrons. The molecule has 2 aromatic carbocycles. The van der Waals surface area contributed by atoms with E-state index in [9.17, 15) is 13.2 Å². The smallest absolute Gasteiger partial charge is 0.240 e. The van der Waals surface area contributed by atoms with Gasteiger partial charge in [0.25, 0.3) is 0 Å². The van der Waals surface area contributed by atoms with E-state index in [0.717, 1.165) is 5.75 Å². The Morgan fingerprint density at radius 3 is 2.07 bits per heavy atom. The fraction of sp³-hybridized carbons (Fsp3) is 0.350. The quantitative estimate of drug-likeness (QED) is 0.592. The molecule has 0 spiro atoms. The lowest BCUT2D eigenvalue weighted by molar-refractivity contribution is -0.118. The van der Waals surface area contributed by atoms with Crippen molar-refractivity contribution in [2.24, 2.45) is 5.92 Å². The highest BCUT2D eigenvalue weighted by Gasteiger charge is 2.14. The van der Waals surface area contributed by atoms with Gasteiger partial charge < -0.3 is 14.8 Å². The molecule has 0 fully saturated rings. The maximum absolute atomic E-state index is 12.3. The van der Waals surface area contributed by atoms with Crippen molar-refractivity contribution < 1.29 is 22.7 Å². The largest absolute Gasteiger partial charge is 0.494 e. The normalized spacial score (nSPS) is 11.3. The van der Waals surface area contributed by atoms with Gasteiger partial charge in [0.1, 0.15) is 18.1 Å². The van der Waals surface area contributed by atoms with Gasteiger partial charge >= 0.3 is 0 Å². The maximum Gasteiger partial charge on any atom is 0.240 e. The first-order valence-electron chi connectivity index (χ1n) is 9.08. The number of anilines is 1. The minimum absolute atomic E-state index is 0.121. The fourth-order valence-corrected chi connectivity index (χ4v) is 3.24. The number of hydrogen-bond acceptors (Lipinski definition) is 5. The molecule has 0 bridgehead atoms. The third-order valence-electron chi connectivity index (χ3n) is 3.75. The standard InChI is InChI=1S/C20H26N2O5S/c1-4-26-17-7-9-18(10-8-17)27-14-13-21-28(24,25)19-11-5-16(6-12-19)22-20(23)15(2)3/h5-12,15,21H,4,13-14H2,1-3H3,(H,22,23). The summed E-state index contributed by atoms with van der Waals surface area (Å²) in [5.41, 5.74) is 0.552. The molecule has 2 aromatic rings. The van der Waals surface area contributed by atoms with Crippen LogP contribution in [-0.2, 0) is 14.8 Å². The van der Waals surface area contributed by atoms with Crippen LogP contribution in [0, 0.1) is 5.92 Å². The number of sulfonamides is 1. The van der Waals surface area contributed by atoms with Gasteiger partial charge in [-0.05, 0) is 55.5 Å². The van der Waals surface area contributed by atoms with Crippen LogP contribution < -0.4 is 19.5 Å². The lowest BCUT2D eigenvalue weighted by Crippen LogP contribution is -2.28. The van der Waals surface area contributed by atoms with Gasteiger partial charge in [0.15, 0.2) is 0 Å². The lowest BCUT2D eigenvalue weighted by atomic mass is 10.2. The minimum atomic E-state index is -3.65. The molecule has 0 aliphatic rings. The second-order valence-corrected chi connectivity index (χ2v) is 8.09. The van der Waals surface area contributed by atoms with Crippen molar-refractivity contribution in [2.45, 2.75) is 25.7 Å². The third kappa shape index (κ3) is 6.54. The van der Waals surface area contributed by atoms with Gasteiger partial charge in [-0.3, -0.25) is 4.79 Å². The Morgan fingerprint density at radius 1 is 0.964 bits per heavy atom. The van der Waals surface area contributed by atoms with Crippen LogP contribution in [-0.4, -0.2) is 34.1 Å². The van der Waals surface area contributed by atoms with E-state index in [0.29, 0.717) is 18.0 Å². The Morgan fingerprint density at radius 2 is 1.54 bits per heavy atom. The first-order chi connectivity index (χ1) is 13.3. The molecule has 0 unspecified atom stereocenters. The molecule has 0 aliphatic carbocycles. The molecular weight excluding hydrogens is 380 g/mol. The van der Waals surface area contributed by atoms with E-state index in [2.05, 4.69) is 10.0 Å².